The molecule has 2 nitrogen and oxygen atoms in total. The van der Waals surface area contributed by atoms with Gasteiger partial charge in [0, 0.05) is 10.8 Å². The van der Waals surface area contributed by atoms with Crippen molar-refractivity contribution in [1.82, 2.24) is 0 Å². The van der Waals surface area contributed by atoms with E-state index in [-0.39, 0.29) is 43.9 Å². The quantitative estimate of drug-likeness (QED) is 0.363. The summed E-state index contributed by atoms with van der Waals surface area (Å²) in [5, 5.41) is 21.6. The fourth-order valence-corrected chi connectivity index (χ4v) is 11.8. The maximum atomic E-state index is 14.2. The van der Waals surface area contributed by atoms with Crippen LogP contribution in [0.1, 0.15) is 84.0 Å². The third-order valence-electron chi connectivity index (χ3n) is 12.4. The molecule has 8 aliphatic rings. The van der Waals surface area contributed by atoms with Gasteiger partial charge in [0.05, 0.1) is 0 Å². The molecule has 8 rings (SSSR count). The molecule has 0 aromatic heterocycles. The normalized spacial score (nSPS) is 49.0. The van der Waals surface area contributed by atoms with Crippen LogP contribution >= 0.6 is 0 Å². The van der Waals surface area contributed by atoms with Crippen LogP contribution < -0.4 is 0 Å². The molecule has 5 atom stereocenters. The van der Waals surface area contributed by atoms with E-state index in [9.17, 15) is 49.7 Å². The molecule has 0 radical (unpaired) electrons. The fourth-order valence-electron chi connectivity index (χ4n) is 11.8. The molecule has 8 saturated carbocycles. The molecule has 5 unspecified atom stereocenters. The van der Waals surface area contributed by atoms with E-state index in [1.54, 1.807) is 0 Å². The Morgan fingerprint density at radius 2 is 0.838 bits per heavy atom. The van der Waals surface area contributed by atoms with E-state index >= 15 is 0 Å². The summed E-state index contributed by atoms with van der Waals surface area (Å²) in [6, 6.07) is 0. The predicted molar refractivity (Wildman–Crippen MR) is 113 cm³/mol. The second-order valence-electron chi connectivity index (χ2n) is 14.3. The molecule has 0 saturated heterocycles. The van der Waals surface area contributed by atoms with Crippen molar-refractivity contribution in [3.8, 4) is 0 Å². The Hall–Kier alpha value is -0.710. The number of hydrogen-bond donors (Lipinski definition) is 2. The lowest BCUT2D eigenvalue weighted by atomic mass is 9.29. The highest BCUT2D eigenvalue weighted by Crippen LogP contribution is 2.82. The van der Waals surface area contributed by atoms with Crippen LogP contribution in [-0.4, -0.2) is 39.9 Å². The smallest absolute Gasteiger partial charge is 0.380 e. The molecule has 0 aromatic carbocycles. The Bertz CT molecular complexity index is 936. The van der Waals surface area contributed by atoms with Gasteiger partial charge in [-0.1, -0.05) is 0 Å². The molecule has 11 heteroatoms. The maximum Gasteiger partial charge on any atom is 0.426 e. The maximum absolute atomic E-state index is 14.2. The summed E-state index contributed by atoms with van der Waals surface area (Å²) in [5.74, 6) is -1.18. The minimum atomic E-state index is -5.93. The largest absolute Gasteiger partial charge is 0.426 e. The third-order valence-corrected chi connectivity index (χ3v) is 12.4. The molecule has 0 heterocycles. The number of aliphatic hydroxyl groups is 2. The van der Waals surface area contributed by atoms with Gasteiger partial charge in [-0.25, -0.2) is 0 Å². The Morgan fingerprint density at radius 3 is 1.16 bits per heavy atom. The van der Waals surface area contributed by atoms with Crippen LogP contribution in [0.2, 0.25) is 0 Å². The monoisotopic (exact) mass is 548 g/mol. The van der Waals surface area contributed by atoms with E-state index in [0.29, 0.717) is 38.5 Å². The summed E-state index contributed by atoms with van der Waals surface area (Å²) in [4.78, 5) is 0. The van der Waals surface area contributed by atoms with E-state index in [4.69, 9.17) is 0 Å². The SMILES string of the molecule is CC(O)(C(F)(F)F)C12CC3CC(CC(C45CC6CC(C4)CC(C(O)(C(F)(F)F)C(F)(F)F)(C6)C5)(C3)C1)C2. The average Bonchev–Trinajstić information content (AvgIpc) is 2.68. The Morgan fingerprint density at radius 1 is 0.514 bits per heavy atom. The summed E-state index contributed by atoms with van der Waals surface area (Å²) in [5.41, 5.74) is -13.7. The molecule has 0 spiro atoms. The Kier molecular flexibility index (Phi) is 4.98. The summed E-state index contributed by atoms with van der Waals surface area (Å²) in [6.07, 6.45) is -14.8. The van der Waals surface area contributed by atoms with Crippen molar-refractivity contribution in [2.75, 3.05) is 0 Å². The molecular weight excluding hydrogens is 515 g/mol. The van der Waals surface area contributed by atoms with Crippen LogP contribution in [0, 0.1) is 45.3 Å². The van der Waals surface area contributed by atoms with Crippen molar-refractivity contribution >= 4 is 0 Å². The molecule has 37 heavy (non-hydrogen) atoms. The standard InChI is InChI=1S/C26H33F9O2/c1-18(36,24(27,28)29)19-4-14-2-15(5-19)7-20(6-14,12-19)21-8-16-3-17(9-21)11-22(10-16,13-21)23(37,25(30,31)32)26(33,34)35/h14-17,36-37H,2-13H2,1H3. The van der Waals surface area contributed by atoms with E-state index in [0.717, 1.165) is 6.92 Å². The van der Waals surface area contributed by atoms with E-state index < -0.39 is 69.6 Å². The first-order valence-electron chi connectivity index (χ1n) is 13.3. The lowest BCUT2D eigenvalue weighted by Gasteiger charge is -2.76. The first-order chi connectivity index (χ1) is 16.6. The fraction of sp³-hybridized carbons (Fsp3) is 1.00. The molecule has 2 N–H and O–H groups in total. The molecule has 8 aliphatic carbocycles. The minimum absolute atomic E-state index is 0.0362. The highest BCUT2D eigenvalue weighted by atomic mass is 19.4. The average molecular weight is 549 g/mol. The van der Waals surface area contributed by atoms with Gasteiger partial charge in [0.2, 0.25) is 0 Å². The highest BCUT2D eigenvalue weighted by Gasteiger charge is 2.84. The summed E-state index contributed by atoms with van der Waals surface area (Å²) in [6.45, 7) is 0.793. The van der Waals surface area contributed by atoms with Crippen LogP contribution in [-0.2, 0) is 0 Å². The third kappa shape index (κ3) is 3.05. The summed E-state index contributed by atoms with van der Waals surface area (Å²) < 4.78 is 128. The Labute approximate surface area is 209 Å². The topological polar surface area (TPSA) is 40.5 Å². The van der Waals surface area contributed by atoms with Gasteiger partial charge in [0.25, 0.3) is 5.60 Å². The van der Waals surface area contributed by atoms with Crippen LogP contribution in [0.25, 0.3) is 0 Å². The zero-order valence-electron chi connectivity index (χ0n) is 20.6. The van der Waals surface area contributed by atoms with Gasteiger partial charge in [-0.2, -0.15) is 39.5 Å². The van der Waals surface area contributed by atoms with Crippen molar-refractivity contribution in [1.29, 1.82) is 0 Å². The van der Waals surface area contributed by atoms with Crippen molar-refractivity contribution in [3.63, 3.8) is 0 Å². The van der Waals surface area contributed by atoms with E-state index in [2.05, 4.69) is 0 Å². The molecule has 0 aliphatic heterocycles. The minimum Gasteiger partial charge on any atom is -0.380 e. The van der Waals surface area contributed by atoms with Gasteiger partial charge in [-0.3, -0.25) is 0 Å². The van der Waals surface area contributed by atoms with E-state index in [1.807, 2.05) is 0 Å². The number of halogens is 9. The van der Waals surface area contributed by atoms with Crippen LogP contribution in [0.15, 0.2) is 0 Å². The van der Waals surface area contributed by atoms with Gasteiger partial charge in [-0.05, 0) is 118 Å². The van der Waals surface area contributed by atoms with Gasteiger partial charge in [-0.15, -0.1) is 0 Å². The molecule has 212 valence electrons. The van der Waals surface area contributed by atoms with Gasteiger partial charge < -0.3 is 10.2 Å². The molecule has 8 bridgehead atoms. The lowest BCUT2D eigenvalue weighted by molar-refractivity contribution is -0.426. The van der Waals surface area contributed by atoms with Crippen molar-refractivity contribution in [2.24, 2.45) is 45.3 Å². The van der Waals surface area contributed by atoms with Crippen molar-refractivity contribution in [3.05, 3.63) is 0 Å². The van der Waals surface area contributed by atoms with Crippen molar-refractivity contribution in [2.45, 2.75) is 114 Å². The molecule has 0 aromatic rings. The first kappa shape index (κ1) is 26.5. The molecular formula is C26H33F9O2. The van der Waals surface area contributed by atoms with Crippen LogP contribution in [0.3, 0.4) is 0 Å². The van der Waals surface area contributed by atoms with Crippen LogP contribution in [0.4, 0.5) is 39.5 Å². The summed E-state index contributed by atoms with van der Waals surface area (Å²) in [7, 11) is 0. The van der Waals surface area contributed by atoms with E-state index in [1.165, 1.54) is 0 Å². The number of hydrogen-bond acceptors (Lipinski definition) is 2. The van der Waals surface area contributed by atoms with Crippen LogP contribution in [0.5, 0.6) is 0 Å². The second kappa shape index (κ2) is 6.95. The molecule has 8 fully saturated rings. The van der Waals surface area contributed by atoms with Gasteiger partial charge in [0.1, 0.15) is 0 Å². The van der Waals surface area contributed by atoms with Crippen molar-refractivity contribution < 1.29 is 49.7 Å². The number of alkyl halides is 9. The number of rotatable bonds is 3. The van der Waals surface area contributed by atoms with Gasteiger partial charge in [0.15, 0.2) is 5.60 Å². The second-order valence-corrected chi connectivity index (χ2v) is 14.3. The summed E-state index contributed by atoms with van der Waals surface area (Å²) >= 11 is 0. The highest BCUT2D eigenvalue weighted by molar-refractivity contribution is 5.25. The predicted octanol–water partition coefficient (Wildman–Crippen LogP) is 7.33. The molecule has 0 amide bonds. The lowest BCUT2D eigenvalue weighted by Crippen LogP contribution is -2.75. The zero-order valence-corrected chi connectivity index (χ0v) is 20.6. The Balaban J connectivity index is 1.48. The van der Waals surface area contributed by atoms with Gasteiger partial charge >= 0.3 is 18.5 Å². The zero-order chi connectivity index (χ0) is 27.3. The first-order valence-corrected chi connectivity index (χ1v) is 13.3.